The summed E-state index contributed by atoms with van der Waals surface area (Å²) in [6.45, 7) is 4.99. The first-order valence-electron chi connectivity index (χ1n) is 8.78. The van der Waals surface area contributed by atoms with Gasteiger partial charge in [-0.05, 0) is 31.0 Å². The van der Waals surface area contributed by atoms with Gasteiger partial charge in [0.2, 0.25) is 12.7 Å². The predicted molar refractivity (Wildman–Crippen MR) is 115 cm³/mol. The molecule has 152 valence electrons. The fourth-order valence-electron chi connectivity index (χ4n) is 2.23. The second-order valence-corrected chi connectivity index (χ2v) is 5.97. The van der Waals surface area contributed by atoms with Crippen molar-refractivity contribution in [3.8, 4) is 11.5 Å². The number of fused-ring (bicyclic) bond motifs is 1. The molecule has 0 saturated heterocycles. The molecule has 9 heteroatoms. The number of carbonyl (C=O) groups excluding carboxylic acids is 1. The molecule has 1 amide bonds. The Morgan fingerprint density at radius 3 is 2.78 bits per heavy atom. The monoisotopic (exact) mass is 492 g/mol. The quantitative estimate of drug-likeness (QED) is 0.236. The average molecular weight is 492 g/mol. The highest BCUT2D eigenvalue weighted by molar-refractivity contribution is 14.0. The molecular weight excluding hydrogens is 463 g/mol. The molecule has 27 heavy (non-hydrogen) atoms. The first-order valence-corrected chi connectivity index (χ1v) is 8.78. The van der Waals surface area contributed by atoms with Gasteiger partial charge in [-0.2, -0.15) is 0 Å². The van der Waals surface area contributed by atoms with E-state index in [1.165, 1.54) is 4.90 Å². The molecule has 1 aliphatic rings. The third-order valence-corrected chi connectivity index (χ3v) is 3.72. The van der Waals surface area contributed by atoms with Crippen molar-refractivity contribution in [3.05, 3.63) is 23.8 Å². The number of hydrogen-bond donors (Lipinski definition) is 2. The molecule has 8 nitrogen and oxygen atoms in total. The number of guanidine groups is 1. The van der Waals surface area contributed by atoms with Crippen LogP contribution in [0.15, 0.2) is 23.2 Å². The van der Waals surface area contributed by atoms with Crippen LogP contribution in [0.5, 0.6) is 11.5 Å². The highest BCUT2D eigenvalue weighted by Gasteiger charge is 2.13. The minimum absolute atomic E-state index is 0. The van der Waals surface area contributed by atoms with Crippen molar-refractivity contribution in [2.45, 2.75) is 19.9 Å². The summed E-state index contributed by atoms with van der Waals surface area (Å²) in [7, 11) is 3.45. The summed E-state index contributed by atoms with van der Waals surface area (Å²) in [6, 6.07) is 5.75. The molecule has 1 aromatic carbocycles. The minimum atomic E-state index is -0.0168. The number of carbonyl (C=O) groups is 1. The Morgan fingerprint density at radius 2 is 2.04 bits per heavy atom. The van der Waals surface area contributed by atoms with E-state index in [4.69, 9.17) is 14.2 Å². The van der Waals surface area contributed by atoms with Gasteiger partial charge in [0.1, 0.15) is 0 Å². The standard InChI is InChI=1S/C18H28N4O4.HI/c1-4-24-9-5-8-19-18(21-12-17(23)22(2)3)20-11-14-6-7-15-16(10-14)26-13-25-15;/h6-7,10H,4-5,8-9,11-13H2,1-3H3,(H2,19,20,21);1H. The summed E-state index contributed by atoms with van der Waals surface area (Å²) in [6.07, 6.45) is 0.861. The predicted octanol–water partition coefficient (Wildman–Crippen LogP) is 1.58. The van der Waals surface area contributed by atoms with Gasteiger partial charge in [0.25, 0.3) is 0 Å². The molecule has 1 aromatic rings. The van der Waals surface area contributed by atoms with Crippen molar-refractivity contribution in [2.24, 2.45) is 4.99 Å². The third kappa shape index (κ3) is 8.21. The first-order chi connectivity index (χ1) is 12.6. The lowest BCUT2D eigenvalue weighted by molar-refractivity contribution is -0.127. The van der Waals surface area contributed by atoms with Crippen molar-refractivity contribution < 1.29 is 19.0 Å². The number of halogens is 1. The van der Waals surface area contributed by atoms with E-state index in [1.807, 2.05) is 25.1 Å². The molecule has 0 unspecified atom stereocenters. The number of nitrogens with one attached hydrogen (secondary N) is 2. The Labute approximate surface area is 177 Å². The molecule has 0 fully saturated rings. The maximum Gasteiger partial charge on any atom is 0.241 e. The Bertz CT molecular complexity index is 625. The van der Waals surface area contributed by atoms with Crippen LogP contribution in [0.25, 0.3) is 0 Å². The van der Waals surface area contributed by atoms with E-state index < -0.39 is 0 Å². The summed E-state index contributed by atoms with van der Waals surface area (Å²) in [4.78, 5) is 17.9. The lowest BCUT2D eigenvalue weighted by Crippen LogP contribution is -2.43. The summed E-state index contributed by atoms with van der Waals surface area (Å²) in [5.41, 5.74) is 1.00. The Morgan fingerprint density at radius 1 is 1.26 bits per heavy atom. The molecule has 0 aromatic heterocycles. The van der Waals surface area contributed by atoms with Crippen molar-refractivity contribution in [2.75, 3.05) is 47.2 Å². The first kappa shape index (κ1) is 23.3. The number of hydrogen-bond acceptors (Lipinski definition) is 5. The number of aliphatic imine (C=N–C) groups is 1. The molecule has 0 bridgehead atoms. The van der Waals surface area contributed by atoms with E-state index in [0.29, 0.717) is 32.3 Å². The van der Waals surface area contributed by atoms with Crippen LogP contribution in [0.4, 0.5) is 0 Å². The molecule has 2 N–H and O–H groups in total. The number of nitrogens with zero attached hydrogens (tertiary/aromatic N) is 2. The maximum absolute atomic E-state index is 11.8. The van der Waals surface area contributed by atoms with Gasteiger partial charge in [-0.1, -0.05) is 6.07 Å². The molecular formula is C18H29IN4O4. The summed E-state index contributed by atoms with van der Waals surface area (Å²) in [5.74, 6) is 2.06. The van der Waals surface area contributed by atoms with Gasteiger partial charge in [0.05, 0.1) is 13.1 Å². The van der Waals surface area contributed by atoms with Crippen molar-refractivity contribution in [3.63, 3.8) is 0 Å². The van der Waals surface area contributed by atoms with Crippen LogP contribution < -0.4 is 20.1 Å². The zero-order valence-corrected chi connectivity index (χ0v) is 18.4. The molecule has 0 radical (unpaired) electrons. The summed E-state index contributed by atoms with van der Waals surface area (Å²) < 4.78 is 16.0. The van der Waals surface area contributed by atoms with E-state index in [9.17, 15) is 4.79 Å². The van der Waals surface area contributed by atoms with Gasteiger partial charge in [-0.15, -0.1) is 24.0 Å². The van der Waals surface area contributed by atoms with Crippen LogP contribution in [0.2, 0.25) is 0 Å². The number of likely N-dealkylation sites (N-methyl/N-ethyl adjacent to an activating group) is 1. The molecule has 0 spiro atoms. The largest absolute Gasteiger partial charge is 0.454 e. The van der Waals surface area contributed by atoms with Crippen molar-refractivity contribution >= 4 is 35.8 Å². The topological polar surface area (TPSA) is 84.4 Å². The third-order valence-electron chi connectivity index (χ3n) is 3.72. The van der Waals surface area contributed by atoms with Crippen LogP contribution >= 0.6 is 24.0 Å². The minimum Gasteiger partial charge on any atom is -0.454 e. The molecule has 0 atom stereocenters. The van der Waals surface area contributed by atoms with Gasteiger partial charge in [-0.25, -0.2) is 4.99 Å². The average Bonchev–Trinajstić information content (AvgIpc) is 3.10. The SMILES string of the molecule is CCOCCCNC(=NCc1ccc2c(c1)OCO2)NCC(=O)N(C)C.I. The smallest absolute Gasteiger partial charge is 0.241 e. The summed E-state index contributed by atoms with van der Waals surface area (Å²) in [5, 5.41) is 6.29. The number of ether oxygens (including phenoxy) is 3. The Hall–Kier alpha value is -1.75. The van der Waals surface area contributed by atoms with Crippen LogP contribution in [-0.2, 0) is 16.1 Å². The van der Waals surface area contributed by atoms with Crippen molar-refractivity contribution in [1.29, 1.82) is 0 Å². The lowest BCUT2D eigenvalue weighted by atomic mass is 10.2. The number of amides is 1. The molecule has 0 saturated carbocycles. The summed E-state index contributed by atoms with van der Waals surface area (Å²) >= 11 is 0. The zero-order valence-electron chi connectivity index (χ0n) is 16.1. The van der Waals surface area contributed by atoms with Gasteiger partial charge in [0, 0.05) is 33.9 Å². The van der Waals surface area contributed by atoms with Gasteiger partial charge < -0.3 is 29.7 Å². The zero-order chi connectivity index (χ0) is 18.8. The van der Waals surface area contributed by atoms with E-state index in [1.54, 1.807) is 14.1 Å². The van der Waals surface area contributed by atoms with Crippen LogP contribution in [0, 0.1) is 0 Å². The van der Waals surface area contributed by atoms with Gasteiger partial charge in [-0.3, -0.25) is 4.79 Å². The normalized spacial score (nSPS) is 12.3. The lowest BCUT2D eigenvalue weighted by Gasteiger charge is -2.15. The van der Waals surface area contributed by atoms with Crippen LogP contribution in [0.1, 0.15) is 18.9 Å². The highest BCUT2D eigenvalue weighted by Crippen LogP contribution is 2.32. The van der Waals surface area contributed by atoms with Gasteiger partial charge >= 0.3 is 0 Å². The van der Waals surface area contributed by atoms with Crippen LogP contribution in [-0.4, -0.2) is 64.0 Å². The molecule has 1 heterocycles. The van der Waals surface area contributed by atoms with Crippen LogP contribution in [0.3, 0.4) is 0 Å². The Kier molecular flexibility index (Phi) is 10.9. The fraction of sp³-hybridized carbons (Fsp3) is 0.556. The number of rotatable bonds is 9. The van der Waals surface area contributed by atoms with Crippen molar-refractivity contribution in [1.82, 2.24) is 15.5 Å². The second-order valence-electron chi connectivity index (χ2n) is 5.97. The molecule has 0 aliphatic carbocycles. The number of benzene rings is 1. The molecule has 1 aliphatic heterocycles. The fourth-order valence-corrected chi connectivity index (χ4v) is 2.23. The van der Waals surface area contributed by atoms with E-state index in [-0.39, 0.29) is 43.2 Å². The van der Waals surface area contributed by atoms with Gasteiger partial charge in [0.15, 0.2) is 17.5 Å². The van der Waals surface area contributed by atoms with E-state index >= 15 is 0 Å². The Balaban J connectivity index is 0.00000364. The van der Waals surface area contributed by atoms with E-state index in [2.05, 4.69) is 15.6 Å². The molecule has 2 rings (SSSR count). The van der Waals surface area contributed by atoms with E-state index in [0.717, 1.165) is 23.5 Å². The highest BCUT2D eigenvalue weighted by atomic mass is 127. The maximum atomic E-state index is 11.8. The second kappa shape index (κ2) is 12.6.